The summed E-state index contributed by atoms with van der Waals surface area (Å²) < 4.78 is 1.92. The Morgan fingerprint density at radius 3 is 2.57 bits per heavy atom. The number of nitrogens with zero attached hydrogens (tertiary/aromatic N) is 2. The van der Waals surface area contributed by atoms with Crippen LogP contribution in [0.15, 0.2) is 12.3 Å². The number of aromatic nitrogens is 1. The molecule has 0 saturated heterocycles. The lowest BCUT2D eigenvalue weighted by Crippen LogP contribution is -2.47. The second kappa shape index (κ2) is 6.20. The van der Waals surface area contributed by atoms with Crippen molar-refractivity contribution < 1.29 is 9.59 Å². The smallest absolute Gasteiger partial charge is 0.268 e. The maximum absolute atomic E-state index is 12.4. The Morgan fingerprint density at radius 1 is 1.43 bits per heavy atom. The van der Waals surface area contributed by atoms with Crippen LogP contribution in [0.5, 0.6) is 0 Å². The second-order valence-corrected chi connectivity index (χ2v) is 5.50. The van der Waals surface area contributed by atoms with Crippen molar-refractivity contribution in [3.05, 3.63) is 18.0 Å². The van der Waals surface area contributed by atoms with Gasteiger partial charge in [-0.2, -0.15) is 0 Å². The molecule has 0 radical (unpaired) electrons. The molecule has 2 rings (SSSR count). The van der Waals surface area contributed by atoms with Crippen molar-refractivity contribution >= 4 is 17.5 Å². The summed E-state index contributed by atoms with van der Waals surface area (Å²) in [5, 5.41) is 2.77. The lowest BCUT2D eigenvalue weighted by atomic mass is 10.2. The van der Waals surface area contributed by atoms with Gasteiger partial charge in [-0.05, 0) is 39.7 Å². The summed E-state index contributed by atoms with van der Waals surface area (Å²) >= 11 is 0. The van der Waals surface area contributed by atoms with E-state index in [0.717, 1.165) is 12.8 Å². The number of hydrogen-bond donors (Lipinski definition) is 2. The Labute approximate surface area is 125 Å². The van der Waals surface area contributed by atoms with Gasteiger partial charge in [-0.3, -0.25) is 9.59 Å². The average molecular weight is 292 g/mol. The monoisotopic (exact) mass is 292 g/mol. The summed E-state index contributed by atoms with van der Waals surface area (Å²) in [4.78, 5) is 26.3. The number of rotatable bonds is 6. The first-order valence-electron chi connectivity index (χ1n) is 7.54. The van der Waals surface area contributed by atoms with Crippen molar-refractivity contribution in [1.29, 1.82) is 0 Å². The third-order valence-corrected chi connectivity index (χ3v) is 3.84. The summed E-state index contributed by atoms with van der Waals surface area (Å²) in [6.45, 7) is 6.85. The van der Waals surface area contributed by atoms with Gasteiger partial charge in [0.05, 0.1) is 5.69 Å². The Morgan fingerprint density at radius 2 is 2.05 bits per heavy atom. The fourth-order valence-corrected chi connectivity index (χ4v) is 2.48. The molecule has 21 heavy (non-hydrogen) atoms. The van der Waals surface area contributed by atoms with Crippen molar-refractivity contribution in [3.8, 4) is 0 Å². The van der Waals surface area contributed by atoms with Gasteiger partial charge in [-0.15, -0.1) is 0 Å². The highest BCUT2D eigenvalue weighted by Gasteiger charge is 2.29. The topological polar surface area (TPSA) is 80.4 Å². The van der Waals surface area contributed by atoms with Gasteiger partial charge in [0.15, 0.2) is 0 Å². The van der Waals surface area contributed by atoms with E-state index in [0.29, 0.717) is 30.5 Å². The Bertz CT molecular complexity index is 530. The first kappa shape index (κ1) is 15.4. The van der Waals surface area contributed by atoms with E-state index in [4.69, 9.17) is 5.73 Å². The van der Waals surface area contributed by atoms with E-state index in [9.17, 15) is 9.59 Å². The van der Waals surface area contributed by atoms with Crippen LogP contribution in [0.4, 0.5) is 5.69 Å². The maximum atomic E-state index is 12.4. The van der Waals surface area contributed by atoms with E-state index >= 15 is 0 Å². The summed E-state index contributed by atoms with van der Waals surface area (Å²) in [6, 6.07) is 1.50. The number of anilines is 1. The SMILES string of the molecule is CCN(CC)C(=O)C(C)NC(=O)c1cc(N)cn1C1CC1. The van der Waals surface area contributed by atoms with Crippen LogP contribution in [-0.4, -0.2) is 40.4 Å². The van der Waals surface area contributed by atoms with Gasteiger partial charge in [0.2, 0.25) is 5.91 Å². The Kier molecular flexibility index (Phi) is 4.55. The molecule has 0 bridgehead atoms. The second-order valence-electron chi connectivity index (χ2n) is 5.50. The van der Waals surface area contributed by atoms with Crippen molar-refractivity contribution in [2.24, 2.45) is 0 Å². The molecule has 6 nitrogen and oxygen atoms in total. The predicted octanol–water partition coefficient (Wildman–Crippen LogP) is 1.39. The zero-order chi connectivity index (χ0) is 15.6. The molecule has 1 aromatic rings. The number of carbonyl (C=O) groups excluding carboxylic acids is 2. The van der Waals surface area contributed by atoms with Crippen LogP contribution in [0.25, 0.3) is 0 Å². The average Bonchev–Trinajstić information content (AvgIpc) is 3.22. The summed E-state index contributed by atoms with van der Waals surface area (Å²) in [5.74, 6) is -0.308. The highest BCUT2D eigenvalue weighted by molar-refractivity contribution is 5.97. The minimum atomic E-state index is -0.541. The summed E-state index contributed by atoms with van der Waals surface area (Å²) in [6.07, 6.45) is 3.94. The van der Waals surface area contributed by atoms with E-state index in [1.807, 2.05) is 18.4 Å². The van der Waals surface area contributed by atoms with Gasteiger partial charge in [-0.1, -0.05) is 0 Å². The molecule has 1 heterocycles. The zero-order valence-corrected chi connectivity index (χ0v) is 12.9. The molecule has 1 aromatic heterocycles. The summed E-state index contributed by atoms with van der Waals surface area (Å²) in [5.41, 5.74) is 6.90. The van der Waals surface area contributed by atoms with Gasteiger partial charge in [0.1, 0.15) is 11.7 Å². The largest absolute Gasteiger partial charge is 0.397 e. The molecular weight excluding hydrogens is 268 g/mol. The first-order chi connectivity index (χ1) is 9.97. The minimum Gasteiger partial charge on any atom is -0.397 e. The number of likely N-dealkylation sites (N-methyl/N-ethyl adjacent to an activating group) is 1. The van der Waals surface area contributed by atoms with Crippen LogP contribution >= 0.6 is 0 Å². The van der Waals surface area contributed by atoms with Crippen LogP contribution < -0.4 is 11.1 Å². The molecule has 2 amide bonds. The third-order valence-electron chi connectivity index (χ3n) is 3.84. The molecule has 1 fully saturated rings. The van der Waals surface area contributed by atoms with Crippen molar-refractivity contribution in [3.63, 3.8) is 0 Å². The van der Waals surface area contributed by atoms with Crippen LogP contribution in [0, 0.1) is 0 Å². The van der Waals surface area contributed by atoms with Crippen LogP contribution in [0.3, 0.4) is 0 Å². The number of carbonyl (C=O) groups is 2. The van der Waals surface area contributed by atoms with Gasteiger partial charge in [0, 0.05) is 25.3 Å². The van der Waals surface area contributed by atoms with E-state index in [1.54, 1.807) is 24.1 Å². The normalized spacial score (nSPS) is 15.6. The molecule has 3 N–H and O–H groups in total. The molecule has 0 aliphatic heterocycles. The number of nitrogen functional groups attached to an aromatic ring is 1. The number of hydrogen-bond acceptors (Lipinski definition) is 3. The van der Waals surface area contributed by atoms with Crippen molar-refractivity contribution in [1.82, 2.24) is 14.8 Å². The standard InChI is InChI=1S/C15H24N4O2/c1-4-18(5-2)15(21)10(3)17-14(20)13-8-11(16)9-19(13)12-6-7-12/h8-10,12H,4-7,16H2,1-3H3,(H,17,20). The highest BCUT2D eigenvalue weighted by Crippen LogP contribution is 2.37. The molecular formula is C15H24N4O2. The molecule has 1 saturated carbocycles. The third kappa shape index (κ3) is 3.37. The molecule has 116 valence electrons. The van der Waals surface area contributed by atoms with Gasteiger partial charge in [-0.25, -0.2) is 0 Å². The van der Waals surface area contributed by atoms with E-state index in [-0.39, 0.29) is 11.8 Å². The fourth-order valence-electron chi connectivity index (χ4n) is 2.48. The number of amides is 2. The number of nitrogens with two attached hydrogens (primary N) is 1. The van der Waals surface area contributed by atoms with Gasteiger partial charge in [0.25, 0.3) is 5.91 Å². The predicted molar refractivity (Wildman–Crippen MR) is 82.0 cm³/mol. The van der Waals surface area contributed by atoms with E-state index in [2.05, 4.69) is 5.32 Å². The van der Waals surface area contributed by atoms with Crippen LogP contribution in [0.2, 0.25) is 0 Å². The summed E-state index contributed by atoms with van der Waals surface area (Å²) in [7, 11) is 0. The Balaban J connectivity index is 2.05. The van der Waals surface area contributed by atoms with Gasteiger partial charge >= 0.3 is 0 Å². The zero-order valence-electron chi connectivity index (χ0n) is 12.9. The lowest BCUT2D eigenvalue weighted by molar-refractivity contribution is -0.132. The van der Waals surface area contributed by atoms with E-state index < -0.39 is 6.04 Å². The van der Waals surface area contributed by atoms with E-state index in [1.165, 1.54) is 0 Å². The Hall–Kier alpha value is -1.98. The quantitative estimate of drug-likeness (QED) is 0.831. The van der Waals surface area contributed by atoms with Crippen molar-refractivity contribution in [2.45, 2.75) is 45.7 Å². The minimum absolute atomic E-state index is 0.0640. The van der Waals surface area contributed by atoms with Crippen LogP contribution in [0.1, 0.15) is 50.1 Å². The van der Waals surface area contributed by atoms with Gasteiger partial charge < -0.3 is 20.5 Å². The molecule has 1 aliphatic carbocycles. The molecule has 1 aliphatic rings. The lowest BCUT2D eigenvalue weighted by Gasteiger charge is -2.23. The highest BCUT2D eigenvalue weighted by atomic mass is 16.2. The molecule has 1 unspecified atom stereocenters. The maximum Gasteiger partial charge on any atom is 0.268 e. The number of nitrogens with one attached hydrogen (secondary N) is 1. The first-order valence-corrected chi connectivity index (χ1v) is 7.54. The molecule has 0 aromatic carbocycles. The van der Waals surface area contributed by atoms with Crippen LogP contribution in [-0.2, 0) is 4.79 Å². The molecule has 1 atom stereocenters. The fraction of sp³-hybridized carbons (Fsp3) is 0.600. The molecule has 0 spiro atoms. The molecule has 6 heteroatoms. The van der Waals surface area contributed by atoms with Crippen molar-refractivity contribution in [2.75, 3.05) is 18.8 Å².